The molecule has 0 spiro atoms. The highest BCUT2D eigenvalue weighted by molar-refractivity contribution is 5.92. The topological polar surface area (TPSA) is 53.4 Å². The van der Waals surface area contributed by atoms with Crippen LogP contribution in [0.5, 0.6) is 0 Å². The number of aliphatic hydroxyl groups excluding tert-OH is 1. The Morgan fingerprint density at radius 1 is 1.50 bits per heavy atom. The van der Waals surface area contributed by atoms with Gasteiger partial charge in [0.05, 0.1) is 6.61 Å². The van der Waals surface area contributed by atoms with E-state index in [1.807, 2.05) is 32.9 Å². The SMILES string of the molecule is Cc1cccc(C(=O)N(CCO)C(C)C)n1. The number of aromatic nitrogens is 1. The Kier molecular flexibility index (Phi) is 4.43. The Morgan fingerprint density at radius 2 is 2.19 bits per heavy atom. The highest BCUT2D eigenvalue weighted by Gasteiger charge is 2.18. The van der Waals surface area contributed by atoms with Gasteiger partial charge in [-0.1, -0.05) is 6.07 Å². The van der Waals surface area contributed by atoms with E-state index in [-0.39, 0.29) is 18.6 Å². The van der Waals surface area contributed by atoms with Crippen LogP contribution in [0.25, 0.3) is 0 Å². The van der Waals surface area contributed by atoms with E-state index < -0.39 is 0 Å². The van der Waals surface area contributed by atoms with Crippen molar-refractivity contribution in [2.24, 2.45) is 0 Å². The van der Waals surface area contributed by atoms with Gasteiger partial charge in [-0.05, 0) is 32.9 Å². The Balaban J connectivity index is 2.90. The van der Waals surface area contributed by atoms with E-state index in [4.69, 9.17) is 5.11 Å². The van der Waals surface area contributed by atoms with Crippen molar-refractivity contribution in [1.82, 2.24) is 9.88 Å². The lowest BCUT2D eigenvalue weighted by atomic mass is 10.2. The Bertz CT molecular complexity index is 364. The minimum Gasteiger partial charge on any atom is -0.395 e. The molecule has 1 rings (SSSR count). The minimum absolute atomic E-state index is 0.0320. The summed E-state index contributed by atoms with van der Waals surface area (Å²) in [4.78, 5) is 17.9. The lowest BCUT2D eigenvalue weighted by Crippen LogP contribution is -2.39. The van der Waals surface area contributed by atoms with Crippen molar-refractivity contribution in [2.75, 3.05) is 13.2 Å². The van der Waals surface area contributed by atoms with Crippen LogP contribution in [0.2, 0.25) is 0 Å². The lowest BCUT2D eigenvalue weighted by Gasteiger charge is -2.25. The zero-order chi connectivity index (χ0) is 12.1. The van der Waals surface area contributed by atoms with Crippen LogP contribution in [0, 0.1) is 6.92 Å². The van der Waals surface area contributed by atoms with Gasteiger partial charge in [0.2, 0.25) is 0 Å². The number of pyridine rings is 1. The van der Waals surface area contributed by atoms with Crippen LogP contribution >= 0.6 is 0 Å². The summed E-state index contributed by atoms with van der Waals surface area (Å²) in [5.41, 5.74) is 1.25. The van der Waals surface area contributed by atoms with Crippen molar-refractivity contribution in [3.8, 4) is 0 Å². The molecule has 1 amide bonds. The molecule has 16 heavy (non-hydrogen) atoms. The first-order valence-corrected chi connectivity index (χ1v) is 5.41. The summed E-state index contributed by atoms with van der Waals surface area (Å²) in [6.07, 6.45) is 0. The second-order valence-electron chi connectivity index (χ2n) is 3.98. The van der Waals surface area contributed by atoms with Crippen LogP contribution in [0.4, 0.5) is 0 Å². The van der Waals surface area contributed by atoms with Crippen LogP contribution in [-0.4, -0.2) is 40.1 Å². The second-order valence-corrected chi connectivity index (χ2v) is 3.98. The maximum Gasteiger partial charge on any atom is 0.272 e. The first-order chi connectivity index (χ1) is 7.56. The third-order valence-electron chi connectivity index (χ3n) is 2.33. The number of amides is 1. The van der Waals surface area contributed by atoms with E-state index in [2.05, 4.69) is 4.98 Å². The number of hydrogen-bond acceptors (Lipinski definition) is 3. The fourth-order valence-corrected chi connectivity index (χ4v) is 1.51. The Labute approximate surface area is 95.9 Å². The van der Waals surface area contributed by atoms with E-state index in [9.17, 15) is 4.79 Å². The molecule has 4 heteroatoms. The molecule has 0 saturated carbocycles. The van der Waals surface area contributed by atoms with Crippen LogP contribution < -0.4 is 0 Å². The fourth-order valence-electron chi connectivity index (χ4n) is 1.51. The molecule has 0 unspecified atom stereocenters. The van der Waals surface area contributed by atoms with Crippen LogP contribution in [-0.2, 0) is 0 Å². The Hall–Kier alpha value is -1.42. The van der Waals surface area contributed by atoms with Crippen molar-refractivity contribution < 1.29 is 9.90 Å². The van der Waals surface area contributed by atoms with E-state index in [1.54, 1.807) is 11.0 Å². The smallest absolute Gasteiger partial charge is 0.272 e. The molecule has 4 nitrogen and oxygen atoms in total. The van der Waals surface area contributed by atoms with Gasteiger partial charge in [0.1, 0.15) is 5.69 Å². The van der Waals surface area contributed by atoms with Crippen LogP contribution in [0.15, 0.2) is 18.2 Å². The van der Waals surface area contributed by atoms with Crippen LogP contribution in [0.3, 0.4) is 0 Å². The van der Waals surface area contributed by atoms with E-state index in [1.165, 1.54) is 0 Å². The van der Waals surface area contributed by atoms with Gasteiger partial charge < -0.3 is 10.0 Å². The summed E-state index contributed by atoms with van der Waals surface area (Å²) in [5, 5.41) is 8.92. The standard InChI is InChI=1S/C12H18N2O2/c1-9(2)14(7-8-15)12(16)11-6-4-5-10(3)13-11/h4-6,9,15H,7-8H2,1-3H3. The van der Waals surface area contributed by atoms with Crippen LogP contribution in [0.1, 0.15) is 30.0 Å². The molecule has 0 fully saturated rings. The van der Waals surface area contributed by atoms with Crippen molar-refractivity contribution in [3.05, 3.63) is 29.6 Å². The summed E-state index contributed by atoms with van der Waals surface area (Å²) in [6, 6.07) is 5.42. The average molecular weight is 222 g/mol. The Morgan fingerprint density at radius 3 is 2.69 bits per heavy atom. The summed E-state index contributed by atoms with van der Waals surface area (Å²) < 4.78 is 0. The zero-order valence-electron chi connectivity index (χ0n) is 9.97. The predicted molar refractivity (Wildman–Crippen MR) is 62.2 cm³/mol. The molecule has 0 aliphatic heterocycles. The molecular formula is C12H18N2O2. The van der Waals surface area contributed by atoms with Gasteiger partial charge in [-0.3, -0.25) is 4.79 Å². The number of aryl methyl sites for hydroxylation is 1. The monoisotopic (exact) mass is 222 g/mol. The number of carbonyl (C=O) groups is 1. The molecule has 88 valence electrons. The van der Waals surface area contributed by atoms with Gasteiger partial charge in [0, 0.05) is 18.3 Å². The van der Waals surface area contributed by atoms with E-state index in [0.717, 1.165) is 5.69 Å². The molecule has 1 aromatic heterocycles. The molecule has 0 aliphatic carbocycles. The number of hydrogen-bond donors (Lipinski definition) is 1. The summed E-state index contributed by atoms with van der Waals surface area (Å²) >= 11 is 0. The van der Waals surface area contributed by atoms with E-state index in [0.29, 0.717) is 12.2 Å². The molecule has 0 atom stereocenters. The molecule has 0 radical (unpaired) electrons. The van der Waals surface area contributed by atoms with Crippen molar-refractivity contribution >= 4 is 5.91 Å². The average Bonchev–Trinajstić information content (AvgIpc) is 2.24. The normalized spacial score (nSPS) is 10.6. The molecule has 1 aromatic rings. The first kappa shape index (κ1) is 12.6. The maximum absolute atomic E-state index is 12.1. The maximum atomic E-state index is 12.1. The first-order valence-electron chi connectivity index (χ1n) is 5.41. The number of rotatable bonds is 4. The lowest BCUT2D eigenvalue weighted by molar-refractivity contribution is 0.0659. The quantitative estimate of drug-likeness (QED) is 0.833. The highest BCUT2D eigenvalue weighted by Crippen LogP contribution is 2.06. The van der Waals surface area contributed by atoms with Gasteiger partial charge in [0.25, 0.3) is 5.91 Å². The van der Waals surface area contributed by atoms with Gasteiger partial charge >= 0.3 is 0 Å². The predicted octanol–water partition coefficient (Wildman–Crippen LogP) is 1.23. The zero-order valence-corrected chi connectivity index (χ0v) is 9.97. The molecule has 0 saturated heterocycles. The largest absolute Gasteiger partial charge is 0.395 e. The summed E-state index contributed by atoms with van der Waals surface area (Å²) in [5.74, 6) is -0.132. The summed E-state index contributed by atoms with van der Waals surface area (Å²) in [7, 11) is 0. The van der Waals surface area contributed by atoms with Crippen molar-refractivity contribution in [3.63, 3.8) is 0 Å². The van der Waals surface area contributed by atoms with Gasteiger partial charge in [0.15, 0.2) is 0 Å². The highest BCUT2D eigenvalue weighted by atomic mass is 16.3. The third-order valence-corrected chi connectivity index (χ3v) is 2.33. The number of aliphatic hydroxyl groups is 1. The third kappa shape index (κ3) is 3.03. The van der Waals surface area contributed by atoms with Gasteiger partial charge in [-0.15, -0.1) is 0 Å². The van der Waals surface area contributed by atoms with Gasteiger partial charge in [-0.25, -0.2) is 4.98 Å². The molecule has 0 aliphatic rings. The number of carbonyl (C=O) groups excluding carboxylic acids is 1. The molecule has 0 bridgehead atoms. The van der Waals surface area contributed by atoms with Crippen molar-refractivity contribution in [1.29, 1.82) is 0 Å². The molecular weight excluding hydrogens is 204 g/mol. The van der Waals surface area contributed by atoms with Gasteiger partial charge in [-0.2, -0.15) is 0 Å². The number of nitrogens with zero attached hydrogens (tertiary/aromatic N) is 2. The second kappa shape index (κ2) is 5.61. The fraction of sp³-hybridized carbons (Fsp3) is 0.500. The summed E-state index contributed by atoms with van der Waals surface area (Å²) in [6.45, 7) is 6.00. The minimum atomic E-state index is -0.132. The van der Waals surface area contributed by atoms with E-state index >= 15 is 0 Å². The molecule has 1 N–H and O–H groups in total. The van der Waals surface area contributed by atoms with Crippen molar-refractivity contribution in [2.45, 2.75) is 26.8 Å². The molecule has 0 aromatic carbocycles. The molecule has 1 heterocycles.